The zero-order valence-corrected chi connectivity index (χ0v) is 22.2. The van der Waals surface area contributed by atoms with Crippen LogP contribution >= 0.6 is 11.8 Å². The maximum atomic E-state index is 12.9. The largest absolute Gasteiger partial charge is 0.450 e. The maximum absolute atomic E-state index is 12.9. The summed E-state index contributed by atoms with van der Waals surface area (Å²) in [5.41, 5.74) is 4.01. The average Bonchev–Trinajstić information content (AvgIpc) is 2.90. The molecule has 0 aromatic heterocycles. The highest BCUT2D eigenvalue weighted by Crippen LogP contribution is 2.36. The van der Waals surface area contributed by atoms with E-state index in [0.29, 0.717) is 25.3 Å². The summed E-state index contributed by atoms with van der Waals surface area (Å²) in [6.07, 6.45) is 4.94. The van der Waals surface area contributed by atoms with E-state index in [2.05, 4.69) is 48.0 Å². The molecule has 2 aromatic rings. The number of amides is 2. The molecule has 2 heterocycles. The van der Waals surface area contributed by atoms with Crippen molar-refractivity contribution in [1.29, 1.82) is 0 Å². The van der Waals surface area contributed by atoms with Crippen molar-refractivity contribution < 1.29 is 14.3 Å². The fourth-order valence-electron chi connectivity index (χ4n) is 4.84. The first-order valence-electron chi connectivity index (χ1n) is 13.0. The molecule has 0 radical (unpaired) electrons. The number of ether oxygens (including phenoxy) is 1. The third kappa shape index (κ3) is 6.44. The van der Waals surface area contributed by atoms with Gasteiger partial charge in [-0.3, -0.25) is 4.79 Å². The second-order valence-corrected chi connectivity index (χ2v) is 10.6. The van der Waals surface area contributed by atoms with Crippen LogP contribution in [0.4, 0.5) is 4.79 Å². The van der Waals surface area contributed by atoms with Crippen molar-refractivity contribution in [3.05, 3.63) is 65.7 Å². The molecule has 2 fully saturated rings. The fraction of sp³-hybridized carbons (Fsp3) is 0.448. The molecule has 7 heteroatoms. The van der Waals surface area contributed by atoms with Gasteiger partial charge in [0, 0.05) is 58.8 Å². The Balaban J connectivity index is 1.38. The third-order valence-corrected chi connectivity index (χ3v) is 8.20. The molecule has 0 saturated carbocycles. The van der Waals surface area contributed by atoms with Crippen molar-refractivity contribution in [1.82, 2.24) is 15.1 Å². The van der Waals surface area contributed by atoms with Crippen molar-refractivity contribution in [2.75, 3.05) is 32.8 Å². The number of likely N-dealkylation sites (tertiary alicyclic amines) is 2. The van der Waals surface area contributed by atoms with Gasteiger partial charge in [0.25, 0.3) is 5.91 Å². The van der Waals surface area contributed by atoms with Gasteiger partial charge < -0.3 is 19.9 Å². The van der Waals surface area contributed by atoms with E-state index >= 15 is 0 Å². The Hall–Kier alpha value is -2.93. The first-order chi connectivity index (χ1) is 17.5. The molecule has 4 rings (SSSR count). The minimum absolute atomic E-state index is 0.0604. The molecule has 0 bridgehead atoms. The van der Waals surface area contributed by atoms with Crippen LogP contribution in [-0.2, 0) is 4.74 Å². The third-order valence-electron chi connectivity index (χ3n) is 6.95. The summed E-state index contributed by atoms with van der Waals surface area (Å²) in [7, 11) is 0. The normalized spacial score (nSPS) is 16.5. The Kier molecular flexibility index (Phi) is 8.97. The highest BCUT2D eigenvalue weighted by Gasteiger charge is 2.25. The first-order valence-corrected chi connectivity index (χ1v) is 13.8. The topological polar surface area (TPSA) is 61.9 Å². The van der Waals surface area contributed by atoms with Crippen LogP contribution < -0.4 is 5.32 Å². The van der Waals surface area contributed by atoms with Gasteiger partial charge in [-0.2, -0.15) is 0 Å². The molecular weight excluding hydrogens is 470 g/mol. The van der Waals surface area contributed by atoms with Crippen molar-refractivity contribution in [2.45, 2.75) is 61.8 Å². The predicted molar refractivity (Wildman–Crippen MR) is 145 cm³/mol. The van der Waals surface area contributed by atoms with Gasteiger partial charge in [-0.25, -0.2) is 4.79 Å². The SMILES string of the molecule is C=C(c1ccccc1Sc1ccc(C(=O)NC2CCN(C(=O)OCC)CC2)cc1C)N1CCCCC1. The molecule has 2 aliphatic heterocycles. The predicted octanol–water partition coefficient (Wildman–Crippen LogP) is 5.95. The van der Waals surface area contributed by atoms with Crippen LogP contribution in [0.3, 0.4) is 0 Å². The highest BCUT2D eigenvalue weighted by molar-refractivity contribution is 7.99. The van der Waals surface area contributed by atoms with Gasteiger partial charge in [-0.1, -0.05) is 36.5 Å². The average molecular weight is 508 g/mol. The Morgan fingerprint density at radius 1 is 1.00 bits per heavy atom. The van der Waals surface area contributed by atoms with Crippen LogP contribution in [0.15, 0.2) is 58.8 Å². The molecule has 2 amide bonds. The van der Waals surface area contributed by atoms with Gasteiger partial charge >= 0.3 is 6.09 Å². The van der Waals surface area contributed by atoms with Crippen LogP contribution in [0.2, 0.25) is 0 Å². The van der Waals surface area contributed by atoms with Gasteiger partial charge in [0.05, 0.1) is 6.61 Å². The molecule has 2 aliphatic rings. The molecule has 6 nitrogen and oxygen atoms in total. The van der Waals surface area contributed by atoms with E-state index in [9.17, 15) is 9.59 Å². The number of rotatable bonds is 7. The molecule has 0 spiro atoms. The number of nitrogens with zero attached hydrogens (tertiary/aromatic N) is 2. The summed E-state index contributed by atoms with van der Waals surface area (Å²) in [5, 5.41) is 3.14. The minimum atomic E-state index is -0.271. The summed E-state index contributed by atoms with van der Waals surface area (Å²) in [6, 6.07) is 14.4. The molecule has 192 valence electrons. The van der Waals surface area contributed by atoms with E-state index in [-0.39, 0.29) is 18.0 Å². The van der Waals surface area contributed by atoms with E-state index in [1.807, 2.05) is 25.1 Å². The fourth-order valence-corrected chi connectivity index (χ4v) is 5.88. The van der Waals surface area contributed by atoms with E-state index in [1.54, 1.807) is 16.7 Å². The molecule has 0 aliphatic carbocycles. The second kappa shape index (κ2) is 12.3. The molecule has 0 unspecified atom stereocenters. The number of aryl methyl sites for hydroxylation is 1. The lowest BCUT2D eigenvalue weighted by Crippen LogP contribution is -2.46. The van der Waals surface area contributed by atoms with Gasteiger partial charge in [0.1, 0.15) is 0 Å². The maximum Gasteiger partial charge on any atom is 0.409 e. The van der Waals surface area contributed by atoms with Crippen LogP contribution in [-0.4, -0.2) is 60.6 Å². The minimum Gasteiger partial charge on any atom is -0.450 e. The second-order valence-electron chi connectivity index (χ2n) is 9.51. The molecular formula is C29H37N3O3S. The number of piperidine rings is 2. The summed E-state index contributed by atoms with van der Waals surface area (Å²) >= 11 is 1.73. The van der Waals surface area contributed by atoms with Crippen molar-refractivity contribution in [3.8, 4) is 0 Å². The van der Waals surface area contributed by atoms with Crippen LogP contribution in [0, 0.1) is 6.92 Å². The summed E-state index contributed by atoms with van der Waals surface area (Å²) in [5.74, 6) is -0.0666. The Labute approximate surface area is 219 Å². The zero-order valence-electron chi connectivity index (χ0n) is 21.4. The lowest BCUT2D eigenvalue weighted by molar-refractivity contribution is 0.0860. The Bertz CT molecular complexity index is 1090. The van der Waals surface area contributed by atoms with Gasteiger partial charge in [-0.15, -0.1) is 0 Å². The van der Waals surface area contributed by atoms with Crippen molar-refractivity contribution in [2.24, 2.45) is 0 Å². The lowest BCUT2D eigenvalue weighted by atomic mass is 10.0. The molecule has 2 saturated heterocycles. The van der Waals surface area contributed by atoms with E-state index < -0.39 is 0 Å². The van der Waals surface area contributed by atoms with Crippen LogP contribution in [0.1, 0.15) is 60.5 Å². The van der Waals surface area contributed by atoms with Gasteiger partial charge in [-0.05, 0) is 75.8 Å². The van der Waals surface area contributed by atoms with E-state index in [1.165, 1.54) is 29.7 Å². The highest BCUT2D eigenvalue weighted by atomic mass is 32.2. The monoisotopic (exact) mass is 507 g/mol. The molecule has 1 N–H and O–H groups in total. The van der Waals surface area contributed by atoms with Gasteiger partial charge in [0.15, 0.2) is 0 Å². The Morgan fingerprint density at radius 2 is 1.72 bits per heavy atom. The number of nitrogens with one attached hydrogen (secondary N) is 1. The number of carbonyl (C=O) groups excluding carboxylic acids is 2. The number of carbonyl (C=O) groups is 2. The van der Waals surface area contributed by atoms with Crippen LogP contribution in [0.5, 0.6) is 0 Å². The molecule has 2 aromatic carbocycles. The summed E-state index contributed by atoms with van der Waals surface area (Å²) in [6.45, 7) is 12.0. The number of hydrogen-bond donors (Lipinski definition) is 1. The van der Waals surface area contributed by atoms with Crippen LogP contribution in [0.25, 0.3) is 5.70 Å². The summed E-state index contributed by atoms with van der Waals surface area (Å²) < 4.78 is 5.08. The quantitative estimate of drug-likeness (QED) is 0.502. The smallest absolute Gasteiger partial charge is 0.409 e. The Morgan fingerprint density at radius 3 is 2.42 bits per heavy atom. The van der Waals surface area contributed by atoms with Crippen molar-refractivity contribution in [3.63, 3.8) is 0 Å². The summed E-state index contributed by atoms with van der Waals surface area (Å²) in [4.78, 5) is 31.3. The number of hydrogen-bond acceptors (Lipinski definition) is 5. The van der Waals surface area contributed by atoms with Crippen molar-refractivity contribution >= 4 is 29.5 Å². The van der Waals surface area contributed by atoms with Gasteiger partial charge in [0.2, 0.25) is 0 Å². The standard InChI is InChI=1S/C29H37N3O3S/c1-4-35-29(34)32-18-14-24(15-19-32)30-28(33)23-12-13-26(21(2)20-23)36-27-11-7-6-10-25(27)22(3)31-16-8-5-9-17-31/h6-7,10-13,20,24H,3-5,8-9,14-19H2,1-2H3,(H,30,33). The lowest BCUT2D eigenvalue weighted by Gasteiger charge is -2.31. The first kappa shape index (κ1) is 26.1. The molecule has 36 heavy (non-hydrogen) atoms. The van der Waals surface area contributed by atoms with E-state index in [4.69, 9.17) is 4.74 Å². The molecule has 0 atom stereocenters. The number of benzene rings is 2. The van der Waals surface area contributed by atoms with E-state index in [0.717, 1.165) is 42.1 Å². The zero-order chi connectivity index (χ0) is 25.5.